The summed E-state index contributed by atoms with van der Waals surface area (Å²) in [7, 11) is 0. The molecule has 0 radical (unpaired) electrons. The van der Waals surface area contributed by atoms with Crippen LogP contribution in [0.3, 0.4) is 0 Å². The Bertz CT molecular complexity index is 5300. The molecule has 3 N–H and O–H groups in total. The van der Waals surface area contributed by atoms with Crippen LogP contribution in [0.5, 0.6) is 0 Å². The van der Waals surface area contributed by atoms with Crippen molar-refractivity contribution in [2.24, 2.45) is 69.0 Å². The second-order valence-electron chi connectivity index (χ2n) is 40.2. The lowest BCUT2D eigenvalue weighted by Gasteiger charge is -2.67. The Kier molecular flexibility index (Phi) is 33.6. The van der Waals surface area contributed by atoms with Gasteiger partial charge in [0.2, 0.25) is 0 Å². The molecule has 0 spiro atoms. The van der Waals surface area contributed by atoms with E-state index in [1.165, 1.54) is 13.8 Å². The standard InChI is InChI=1S/C54H66O14.C38H44O11.C16H23FO3/c1-32(2)25-33(3)44(64-31-61-28-37-19-13-10-14-20-37)49(58)65-40-27-54(60)47(67-48(57)39-23-17-12-18-24-39)45-52(9,46(56)35(5)43(34(40)4)51(54,7)8)41(26-42-53(45,30-63-42)68-36(6)55)66-50(59)62-29-38-21-15-11-16-22-38;1-21-26(40)18-38(44)32(48-33(42)25-15-11-8-12-16-25)30-36(6,31(41)22(2)29(21)35(38,4)5)27(17-28-37(30,20-46-28)49-23(3)39)47-34(43)45-19-24-13-9-7-10-14-24;1-12(2)9-13(3)15(16(17)18)20-11-19-10-14-7-5-4-6-8-14/h10-24,32-33,35,40-42,44-45,47,60H,25-31H2,1-9H3;7-16,22,26-28,30,32,40,44H,17-20H2,1-6H3;4-8,12-13,15H,9-11H2,1-3H3/t33-,35+,40-,41-,42+,44?,45-,47-,52+,53-,54+;22-,26+,27+,28-,30+,32+,36-,37+,38-;13-,15?/m010/s1. The molecule has 740 valence electrons. The number of carbonyl (C=O) groups excluding carboxylic acids is 10. The van der Waals surface area contributed by atoms with Gasteiger partial charge in [-0.1, -0.05) is 241 Å². The van der Waals surface area contributed by atoms with Crippen LogP contribution in [0.4, 0.5) is 14.0 Å². The van der Waals surface area contributed by atoms with E-state index in [2.05, 4.69) is 0 Å². The number of hydrogen-bond acceptors (Lipinski definition) is 28. The van der Waals surface area contributed by atoms with Crippen molar-refractivity contribution in [3.8, 4) is 0 Å². The number of aliphatic hydroxyl groups excluding tert-OH is 1. The molecule has 2 aliphatic heterocycles. The van der Waals surface area contributed by atoms with Crippen LogP contribution in [0, 0.1) is 69.0 Å². The zero-order valence-electron chi connectivity index (χ0n) is 81.5. The normalized spacial score (nSPS) is 30.0. The Labute approximate surface area is 800 Å². The summed E-state index contributed by atoms with van der Waals surface area (Å²) in [4.78, 5) is 138. The summed E-state index contributed by atoms with van der Waals surface area (Å²) in [6.45, 7) is 31.3. The van der Waals surface area contributed by atoms with Crippen LogP contribution in [-0.2, 0) is 126 Å². The molecule has 14 rings (SSSR count). The van der Waals surface area contributed by atoms with Crippen molar-refractivity contribution in [1.82, 2.24) is 0 Å². The van der Waals surface area contributed by atoms with Crippen molar-refractivity contribution in [2.45, 2.75) is 273 Å². The highest BCUT2D eigenvalue weighted by Gasteiger charge is 2.81. The summed E-state index contributed by atoms with van der Waals surface area (Å²) in [6, 6.07) is 52.2. The maximum absolute atomic E-state index is 15.9. The first-order valence-electron chi connectivity index (χ1n) is 47.2. The third kappa shape index (κ3) is 21.8. The molecule has 4 saturated carbocycles. The van der Waals surface area contributed by atoms with E-state index in [1.807, 2.05) is 126 Å². The van der Waals surface area contributed by atoms with Gasteiger partial charge in [-0.05, 0) is 133 Å². The monoisotopic (exact) mass is 1900 g/mol. The lowest BCUT2D eigenvalue weighted by molar-refractivity contribution is -0.345. The van der Waals surface area contributed by atoms with E-state index in [0.29, 0.717) is 46.8 Å². The number of ketones is 2. The van der Waals surface area contributed by atoms with E-state index in [4.69, 9.17) is 71.1 Å². The Balaban J connectivity index is 0.000000211. The molecule has 4 bridgehead atoms. The predicted octanol–water partition coefficient (Wildman–Crippen LogP) is 17.0. The molecule has 6 aromatic rings. The SMILES string of the molecule is CC(=O)O[C@@]12CO[C@@H]1C[C@H](OC(=O)OCc1ccccc1)[C@@]1(C)C(=O)[C@H](C)C3=C(C)[C@@H](O)C[C@@](O)([C@@H](OC(=O)c4ccccc4)[C@H]21)C3(C)C.CC(=O)O[C@@]12CO[C@@H]1C[C@H](OC(=O)OCc1ccccc1)[C@@]1(C)C(=O)[C@H](C)C3=C(C)[C@@H](OC(=O)C(OCOCc4ccccc4)[C@@H](C)CC(C)C)C[C@@](O)([C@@H](OC(=O)c4ccccc4)[C@H]21)C3(C)C.CC(C)C[C@H](C)C(OCOCc1ccccc1)C(=O)F. The largest absolute Gasteiger partial charge is 0.508 e. The van der Waals surface area contributed by atoms with Gasteiger partial charge in [-0.2, -0.15) is 4.39 Å². The maximum atomic E-state index is 15.9. The molecule has 6 aliphatic carbocycles. The van der Waals surface area contributed by atoms with Crippen LogP contribution in [0.15, 0.2) is 204 Å². The summed E-state index contributed by atoms with van der Waals surface area (Å²) < 4.78 is 103. The number of hydrogen-bond donors (Lipinski definition) is 3. The van der Waals surface area contributed by atoms with Crippen LogP contribution >= 0.6 is 0 Å². The lowest BCUT2D eigenvalue weighted by atomic mass is 9.43. The highest BCUT2D eigenvalue weighted by atomic mass is 19.1. The summed E-state index contributed by atoms with van der Waals surface area (Å²) in [5, 5.41) is 38.5. The fourth-order valence-electron chi connectivity index (χ4n) is 23.0. The number of Topliss-reactive ketones (excluding diaryl/α,β-unsaturated/α-hetero) is 2. The van der Waals surface area contributed by atoms with E-state index in [1.54, 1.807) is 166 Å². The van der Waals surface area contributed by atoms with Gasteiger partial charge in [0.1, 0.15) is 92.3 Å². The van der Waals surface area contributed by atoms with Gasteiger partial charge >= 0.3 is 48.2 Å². The van der Waals surface area contributed by atoms with E-state index in [-0.39, 0.29) is 101 Å². The molecule has 22 atom stereocenters. The Morgan fingerprint density at radius 2 is 0.788 bits per heavy atom. The third-order valence-corrected chi connectivity index (χ3v) is 29.6. The van der Waals surface area contributed by atoms with Gasteiger partial charge in [-0.25, -0.2) is 24.0 Å². The molecule has 29 heteroatoms. The molecule has 28 nitrogen and oxygen atoms in total. The summed E-state index contributed by atoms with van der Waals surface area (Å²) >= 11 is 0. The predicted molar refractivity (Wildman–Crippen MR) is 497 cm³/mol. The summed E-state index contributed by atoms with van der Waals surface area (Å²) in [5.74, 6) is -9.02. The molecule has 2 saturated heterocycles. The summed E-state index contributed by atoms with van der Waals surface area (Å²) in [5.41, 5.74) is -7.84. The zero-order chi connectivity index (χ0) is 99.7. The van der Waals surface area contributed by atoms with Crippen molar-refractivity contribution in [2.75, 3.05) is 26.8 Å². The van der Waals surface area contributed by atoms with Gasteiger partial charge < -0.3 is 86.4 Å². The van der Waals surface area contributed by atoms with Gasteiger partial charge in [-0.3, -0.25) is 24.0 Å². The van der Waals surface area contributed by atoms with Crippen molar-refractivity contribution in [3.05, 3.63) is 238 Å². The van der Waals surface area contributed by atoms with Gasteiger partial charge in [0.05, 0.1) is 66.3 Å². The average Bonchev–Trinajstić information content (AvgIpc) is 0.678. The second kappa shape index (κ2) is 43.8. The molecular weight excluding hydrogens is 1760 g/mol. The van der Waals surface area contributed by atoms with Gasteiger partial charge in [0.15, 0.2) is 23.4 Å². The van der Waals surface area contributed by atoms with Crippen LogP contribution in [0.1, 0.15) is 206 Å². The average molecular weight is 1900 g/mol. The molecule has 0 aromatic heterocycles. The molecule has 6 aromatic carbocycles. The smallest absolute Gasteiger partial charge is 0.456 e. The molecule has 0 amide bonds. The number of rotatable bonds is 31. The fourth-order valence-corrected chi connectivity index (χ4v) is 23.0. The van der Waals surface area contributed by atoms with Crippen molar-refractivity contribution in [3.63, 3.8) is 0 Å². The highest BCUT2D eigenvalue weighted by molar-refractivity contribution is 5.94. The first kappa shape index (κ1) is 105. The number of benzene rings is 6. The minimum absolute atomic E-state index is 0.0407. The second-order valence-corrected chi connectivity index (χ2v) is 40.2. The van der Waals surface area contributed by atoms with Crippen molar-refractivity contribution in [1.29, 1.82) is 0 Å². The van der Waals surface area contributed by atoms with E-state index >= 15 is 9.59 Å². The molecule has 6 fully saturated rings. The quantitative estimate of drug-likeness (QED) is 0.00908. The Morgan fingerprint density at radius 1 is 0.453 bits per heavy atom. The fraction of sp³-hybridized carbons (Fsp3) is 0.537. The third-order valence-electron chi connectivity index (χ3n) is 29.6. The molecular formula is C108H133FO28. The number of ether oxygens (including phenoxy) is 15. The minimum Gasteiger partial charge on any atom is -0.456 e. The van der Waals surface area contributed by atoms with Crippen LogP contribution in [-0.4, -0.2) is 185 Å². The van der Waals surface area contributed by atoms with Gasteiger partial charge in [-0.15, -0.1) is 0 Å². The van der Waals surface area contributed by atoms with Crippen molar-refractivity contribution < 1.29 is 139 Å². The molecule has 2 unspecified atom stereocenters. The first-order chi connectivity index (χ1) is 64.8. The van der Waals surface area contributed by atoms with Gasteiger partial charge in [0.25, 0.3) is 0 Å². The topological polar surface area (TPSA) is 370 Å². The number of halogens is 1. The number of aliphatic hydroxyl groups is 3. The van der Waals surface area contributed by atoms with Crippen LogP contribution < -0.4 is 0 Å². The van der Waals surface area contributed by atoms with E-state index in [9.17, 15) is 58.1 Å². The van der Waals surface area contributed by atoms with Crippen LogP contribution in [0.25, 0.3) is 0 Å². The maximum Gasteiger partial charge on any atom is 0.508 e. The zero-order valence-corrected chi connectivity index (χ0v) is 81.5. The number of esters is 5. The Morgan fingerprint density at radius 3 is 1.13 bits per heavy atom. The molecule has 2 heterocycles. The molecule has 8 aliphatic rings. The first-order valence-corrected chi connectivity index (χ1v) is 47.2. The highest BCUT2D eigenvalue weighted by Crippen LogP contribution is 2.68. The minimum atomic E-state index is -2.17. The van der Waals surface area contributed by atoms with Crippen molar-refractivity contribution >= 4 is 59.8 Å². The summed E-state index contributed by atoms with van der Waals surface area (Å²) in [6.07, 6.45) is -13.5. The Hall–Kier alpha value is -10.7. The van der Waals surface area contributed by atoms with E-state index in [0.717, 1.165) is 23.1 Å². The number of fused-ring (bicyclic) bond motifs is 10. The van der Waals surface area contributed by atoms with Crippen LogP contribution in [0.2, 0.25) is 0 Å². The molecule has 137 heavy (non-hydrogen) atoms. The van der Waals surface area contributed by atoms with E-state index < -0.39 is 189 Å². The number of carbonyl (C=O) groups is 10. The lowest BCUT2D eigenvalue weighted by Crippen LogP contribution is -2.81. The van der Waals surface area contributed by atoms with Gasteiger partial charge in [0, 0.05) is 62.2 Å².